The van der Waals surface area contributed by atoms with E-state index in [1.54, 1.807) is 31.0 Å². The van der Waals surface area contributed by atoms with Gasteiger partial charge in [-0.2, -0.15) is 0 Å². The van der Waals surface area contributed by atoms with Crippen LogP contribution in [0.1, 0.15) is 15.9 Å². The van der Waals surface area contributed by atoms with Gasteiger partial charge in [-0.05, 0) is 54.6 Å². The number of carbonyl (C=O) groups excluding carboxylic acids is 1. The SMILES string of the molecule is COc1ccc(C(=O)N2CCN(c3ccc(F)cc3)CC2)cc1CSc1ccccc1. The molecule has 0 aliphatic carbocycles. The second-order valence-electron chi connectivity index (χ2n) is 7.38. The minimum atomic E-state index is -0.238. The maximum atomic E-state index is 13.2. The van der Waals surface area contributed by atoms with Crippen molar-refractivity contribution < 1.29 is 13.9 Å². The van der Waals surface area contributed by atoms with Crippen molar-refractivity contribution in [3.8, 4) is 5.75 Å². The summed E-state index contributed by atoms with van der Waals surface area (Å²) in [7, 11) is 1.65. The monoisotopic (exact) mass is 436 g/mol. The topological polar surface area (TPSA) is 32.8 Å². The zero-order chi connectivity index (χ0) is 21.6. The number of benzene rings is 3. The number of amides is 1. The molecule has 1 saturated heterocycles. The van der Waals surface area contributed by atoms with Gasteiger partial charge in [0.05, 0.1) is 7.11 Å². The molecule has 0 aromatic heterocycles. The van der Waals surface area contributed by atoms with E-state index < -0.39 is 0 Å². The second kappa shape index (κ2) is 9.88. The molecule has 4 rings (SSSR count). The molecule has 1 aliphatic heterocycles. The molecule has 0 spiro atoms. The standard InChI is InChI=1S/C25H25FN2O2S/c1-30-24-12-7-19(17-20(24)18-31-23-5-3-2-4-6-23)25(29)28-15-13-27(14-16-28)22-10-8-21(26)9-11-22/h2-12,17H,13-16,18H2,1H3. The molecule has 0 saturated carbocycles. The second-order valence-corrected chi connectivity index (χ2v) is 8.43. The molecule has 0 unspecified atom stereocenters. The first-order valence-electron chi connectivity index (χ1n) is 10.3. The van der Waals surface area contributed by atoms with Gasteiger partial charge < -0.3 is 14.5 Å². The number of ether oxygens (including phenoxy) is 1. The van der Waals surface area contributed by atoms with Crippen molar-refractivity contribution in [1.82, 2.24) is 4.90 Å². The van der Waals surface area contributed by atoms with E-state index >= 15 is 0 Å². The highest BCUT2D eigenvalue weighted by atomic mass is 32.2. The molecule has 6 heteroatoms. The lowest BCUT2D eigenvalue weighted by Gasteiger charge is -2.36. The van der Waals surface area contributed by atoms with E-state index in [9.17, 15) is 9.18 Å². The van der Waals surface area contributed by atoms with Crippen LogP contribution in [0.25, 0.3) is 0 Å². The van der Waals surface area contributed by atoms with Crippen LogP contribution in [-0.4, -0.2) is 44.1 Å². The number of rotatable bonds is 6. The number of hydrogen-bond acceptors (Lipinski definition) is 4. The maximum Gasteiger partial charge on any atom is 0.253 e. The van der Waals surface area contributed by atoms with Gasteiger partial charge in [-0.3, -0.25) is 4.79 Å². The molecule has 4 nitrogen and oxygen atoms in total. The first-order chi connectivity index (χ1) is 15.1. The quantitative estimate of drug-likeness (QED) is 0.504. The first kappa shape index (κ1) is 21.2. The maximum absolute atomic E-state index is 13.2. The molecule has 0 radical (unpaired) electrons. The van der Waals surface area contributed by atoms with Gasteiger partial charge in [0.2, 0.25) is 0 Å². The highest BCUT2D eigenvalue weighted by Crippen LogP contribution is 2.29. The predicted octanol–water partition coefficient (Wildman–Crippen LogP) is 5.09. The van der Waals surface area contributed by atoms with E-state index in [0.29, 0.717) is 18.7 Å². The molecule has 1 amide bonds. The molecule has 1 heterocycles. The van der Waals surface area contributed by atoms with Crippen LogP contribution < -0.4 is 9.64 Å². The highest BCUT2D eigenvalue weighted by Gasteiger charge is 2.23. The Labute approximate surface area is 186 Å². The molecular weight excluding hydrogens is 411 g/mol. The lowest BCUT2D eigenvalue weighted by Crippen LogP contribution is -2.48. The van der Waals surface area contributed by atoms with E-state index in [4.69, 9.17) is 4.74 Å². The van der Waals surface area contributed by atoms with Gasteiger partial charge in [0.1, 0.15) is 11.6 Å². The third kappa shape index (κ3) is 5.20. The van der Waals surface area contributed by atoms with E-state index in [1.165, 1.54) is 17.0 Å². The Balaban J connectivity index is 1.41. The Hall–Kier alpha value is -2.99. The number of carbonyl (C=O) groups is 1. The minimum absolute atomic E-state index is 0.0346. The van der Waals surface area contributed by atoms with Crippen molar-refractivity contribution in [2.75, 3.05) is 38.2 Å². The average Bonchev–Trinajstić information content (AvgIpc) is 2.83. The molecule has 0 atom stereocenters. The molecule has 160 valence electrons. The number of piperazine rings is 1. The summed E-state index contributed by atoms with van der Waals surface area (Å²) in [5, 5.41) is 0. The van der Waals surface area contributed by atoms with Crippen molar-refractivity contribution in [3.05, 3.63) is 89.7 Å². The summed E-state index contributed by atoms with van der Waals surface area (Å²) in [6.45, 7) is 2.72. The summed E-state index contributed by atoms with van der Waals surface area (Å²) in [5.74, 6) is 1.32. The van der Waals surface area contributed by atoms with Gasteiger partial charge in [0, 0.05) is 53.6 Å². The fraction of sp³-hybridized carbons (Fsp3) is 0.240. The zero-order valence-electron chi connectivity index (χ0n) is 17.5. The van der Waals surface area contributed by atoms with Crippen LogP contribution in [0.3, 0.4) is 0 Å². The molecule has 1 fully saturated rings. The Kier molecular flexibility index (Phi) is 6.77. The lowest BCUT2D eigenvalue weighted by molar-refractivity contribution is 0.0746. The minimum Gasteiger partial charge on any atom is -0.496 e. The van der Waals surface area contributed by atoms with Crippen LogP contribution in [0.5, 0.6) is 5.75 Å². The van der Waals surface area contributed by atoms with Gasteiger partial charge in [0.25, 0.3) is 5.91 Å². The normalized spacial score (nSPS) is 13.9. The highest BCUT2D eigenvalue weighted by molar-refractivity contribution is 7.98. The van der Waals surface area contributed by atoms with Crippen LogP contribution in [0.15, 0.2) is 77.7 Å². The number of anilines is 1. The predicted molar refractivity (Wildman–Crippen MR) is 124 cm³/mol. The summed E-state index contributed by atoms with van der Waals surface area (Å²) >= 11 is 1.72. The van der Waals surface area contributed by atoms with E-state index in [2.05, 4.69) is 17.0 Å². The molecule has 0 N–H and O–H groups in total. The van der Waals surface area contributed by atoms with E-state index in [1.807, 2.05) is 41.3 Å². The van der Waals surface area contributed by atoms with Crippen molar-refractivity contribution in [2.24, 2.45) is 0 Å². The average molecular weight is 437 g/mol. The van der Waals surface area contributed by atoms with Gasteiger partial charge in [-0.1, -0.05) is 18.2 Å². The van der Waals surface area contributed by atoms with Gasteiger partial charge in [-0.15, -0.1) is 11.8 Å². The van der Waals surface area contributed by atoms with E-state index in [0.717, 1.165) is 35.8 Å². The van der Waals surface area contributed by atoms with Crippen molar-refractivity contribution in [3.63, 3.8) is 0 Å². The fourth-order valence-electron chi connectivity index (χ4n) is 3.70. The van der Waals surface area contributed by atoms with Gasteiger partial charge >= 0.3 is 0 Å². The van der Waals surface area contributed by atoms with E-state index in [-0.39, 0.29) is 11.7 Å². The first-order valence-corrected chi connectivity index (χ1v) is 11.3. The Morgan fingerprint density at radius 1 is 0.968 bits per heavy atom. The van der Waals surface area contributed by atoms with Crippen LogP contribution in [0, 0.1) is 5.82 Å². The fourth-order valence-corrected chi connectivity index (χ4v) is 4.60. The largest absolute Gasteiger partial charge is 0.496 e. The smallest absolute Gasteiger partial charge is 0.253 e. The molecule has 0 bridgehead atoms. The van der Waals surface area contributed by atoms with Crippen molar-refractivity contribution in [2.45, 2.75) is 10.6 Å². The summed E-state index contributed by atoms with van der Waals surface area (Å²) in [6.07, 6.45) is 0. The molecule has 31 heavy (non-hydrogen) atoms. The number of thioether (sulfide) groups is 1. The third-order valence-corrected chi connectivity index (χ3v) is 6.48. The zero-order valence-corrected chi connectivity index (χ0v) is 18.3. The third-order valence-electron chi connectivity index (χ3n) is 5.42. The molecule has 3 aromatic carbocycles. The summed E-state index contributed by atoms with van der Waals surface area (Å²) in [4.78, 5) is 18.4. The van der Waals surface area contributed by atoms with Crippen LogP contribution >= 0.6 is 11.8 Å². The Morgan fingerprint density at radius 3 is 2.35 bits per heavy atom. The number of halogens is 1. The van der Waals surface area contributed by atoms with Crippen molar-refractivity contribution in [1.29, 1.82) is 0 Å². The number of hydrogen-bond donors (Lipinski definition) is 0. The van der Waals surface area contributed by atoms with Crippen molar-refractivity contribution >= 4 is 23.4 Å². The Bertz CT molecular complexity index is 1020. The summed E-state index contributed by atoms with van der Waals surface area (Å²) in [6, 6.07) is 22.4. The number of methoxy groups -OCH3 is 1. The van der Waals surface area contributed by atoms with Crippen LogP contribution in [0.4, 0.5) is 10.1 Å². The summed E-state index contributed by atoms with van der Waals surface area (Å²) in [5.41, 5.74) is 2.67. The number of nitrogens with zero attached hydrogens (tertiary/aromatic N) is 2. The lowest BCUT2D eigenvalue weighted by atomic mass is 10.1. The summed E-state index contributed by atoms with van der Waals surface area (Å²) < 4.78 is 18.7. The Morgan fingerprint density at radius 2 is 1.68 bits per heavy atom. The molecule has 3 aromatic rings. The van der Waals surface area contributed by atoms with Gasteiger partial charge in [-0.25, -0.2) is 4.39 Å². The van der Waals surface area contributed by atoms with Crippen LogP contribution in [0.2, 0.25) is 0 Å². The molecule has 1 aliphatic rings. The molecular formula is C25H25FN2O2S. The van der Waals surface area contributed by atoms with Gasteiger partial charge in [0.15, 0.2) is 0 Å². The van der Waals surface area contributed by atoms with Crippen LogP contribution in [-0.2, 0) is 5.75 Å².